The van der Waals surface area contributed by atoms with Gasteiger partial charge in [-0.05, 0) is 43.2 Å². The van der Waals surface area contributed by atoms with E-state index in [-0.39, 0.29) is 81.2 Å². The molecule has 7 nitrogen and oxygen atoms in total. The van der Waals surface area contributed by atoms with Crippen LogP contribution in [0, 0.1) is 5.41 Å². The summed E-state index contributed by atoms with van der Waals surface area (Å²) >= 11 is 0. The molecule has 1 saturated heterocycles. The summed E-state index contributed by atoms with van der Waals surface area (Å²) in [5.74, 6) is -0.917. The van der Waals surface area contributed by atoms with E-state index in [1.54, 1.807) is 18.5 Å². The first kappa shape index (κ1) is 23.8. The van der Waals surface area contributed by atoms with Crippen molar-refractivity contribution in [1.82, 2.24) is 10.3 Å². The minimum atomic E-state index is -0.759. The molecule has 3 atom stereocenters. The normalized spacial score (nSPS) is 24.4. The summed E-state index contributed by atoms with van der Waals surface area (Å²) in [5, 5.41) is 7.02. The van der Waals surface area contributed by atoms with Crippen molar-refractivity contribution in [3.8, 4) is 0 Å². The number of nitrogens with one attached hydrogen (secondary N) is 2. The average Bonchev–Trinajstić information content (AvgIpc) is 3.37. The maximum absolute atomic E-state index is 12.9. The van der Waals surface area contributed by atoms with Gasteiger partial charge >= 0.3 is 51.4 Å². The second-order valence-corrected chi connectivity index (χ2v) is 7.98. The van der Waals surface area contributed by atoms with Crippen molar-refractivity contribution in [2.24, 2.45) is 5.41 Å². The first-order valence-electron chi connectivity index (χ1n) is 9.74. The van der Waals surface area contributed by atoms with Crippen molar-refractivity contribution in [2.45, 2.75) is 70.6 Å². The summed E-state index contributed by atoms with van der Waals surface area (Å²) in [6.45, 7) is 4.06. The Kier molecular flexibility index (Phi) is 8.91. The van der Waals surface area contributed by atoms with Gasteiger partial charge in [-0.1, -0.05) is 26.7 Å². The third-order valence-electron chi connectivity index (χ3n) is 5.76. The van der Waals surface area contributed by atoms with Gasteiger partial charge in [-0.15, -0.1) is 0 Å². The van der Waals surface area contributed by atoms with E-state index in [1.165, 1.54) is 0 Å². The zero-order chi connectivity index (χ0) is 19.4. The van der Waals surface area contributed by atoms with Crippen molar-refractivity contribution in [3.63, 3.8) is 0 Å². The smallest absolute Gasteiger partial charge is 0.641 e. The molecular weight excluding hydrogens is 385 g/mol. The predicted molar refractivity (Wildman–Crippen MR) is 100 cm³/mol. The molecule has 0 spiro atoms. The van der Waals surface area contributed by atoms with E-state index in [2.05, 4.69) is 22.5 Å². The van der Waals surface area contributed by atoms with E-state index in [0.717, 1.165) is 25.7 Å². The van der Waals surface area contributed by atoms with Crippen LogP contribution in [0.5, 0.6) is 0 Å². The number of hydrogen-bond acceptors (Lipinski definition) is 4. The molecule has 0 radical (unpaired) electrons. The van der Waals surface area contributed by atoms with Crippen molar-refractivity contribution in [1.29, 1.82) is 0 Å². The monoisotopic (exact) mass is 413 g/mol. The van der Waals surface area contributed by atoms with E-state index in [0.29, 0.717) is 18.4 Å². The molecule has 1 aromatic rings. The number of hydrogen-bond donors (Lipinski definition) is 2. The number of H-pyrrole nitrogens is 1. The first-order valence-corrected chi connectivity index (χ1v) is 9.74. The number of nitrogens with zero attached hydrogens (tertiary/aromatic N) is 1. The van der Waals surface area contributed by atoms with E-state index in [4.69, 9.17) is 4.74 Å². The Morgan fingerprint density at radius 1 is 1.39 bits per heavy atom. The SMILES string of the molecule is CC[C@H]1OCC(=O)C1[N-]C(=O)[C@H](CC1(C)CCCC1)NC(=O)c1cc[nH]c1.[K+]. The molecule has 3 rings (SSSR count). The van der Waals surface area contributed by atoms with Crippen LogP contribution in [-0.4, -0.2) is 47.4 Å². The minimum Gasteiger partial charge on any atom is -0.641 e. The Morgan fingerprint density at radius 2 is 2.11 bits per heavy atom. The second-order valence-electron chi connectivity index (χ2n) is 7.98. The number of ketones is 1. The fraction of sp³-hybridized carbons (Fsp3) is 0.650. The fourth-order valence-electron chi connectivity index (χ4n) is 4.13. The van der Waals surface area contributed by atoms with Gasteiger partial charge in [-0.3, -0.25) is 9.59 Å². The van der Waals surface area contributed by atoms with Gasteiger partial charge in [-0.2, -0.15) is 0 Å². The molecule has 1 aliphatic carbocycles. The Bertz CT molecular complexity index is 686. The molecule has 1 aromatic heterocycles. The van der Waals surface area contributed by atoms with Crippen LogP contribution in [0.1, 0.15) is 62.7 Å². The van der Waals surface area contributed by atoms with Crippen LogP contribution >= 0.6 is 0 Å². The Labute approximate surface area is 208 Å². The van der Waals surface area contributed by atoms with Gasteiger partial charge in [0.15, 0.2) is 0 Å². The molecule has 2 heterocycles. The molecule has 2 aliphatic rings. The van der Waals surface area contributed by atoms with Crippen molar-refractivity contribution < 1.29 is 70.5 Å². The number of Topliss-reactive ketones (excluding diaryl/α,β-unsaturated/α-hetero) is 1. The summed E-state index contributed by atoms with van der Waals surface area (Å²) in [5.41, 5.74) is 0.470. The van der Waals surface area contributed by atoms with Gasteiger partial charge in [0.25, 0.3) is 5.91 Å². The van der Waals surface area contributed by atoms with Gasteiger partial charge < -0.3 is 25.1 Å². The number of ether oxygens (including phenoxy) is 1. The summed E-state index contributed by atoms with van der Waals surface area (Å²) in [6, 6.07) is 0.166. The minimum absolute atomic E-state index is 0. The van der Waals surface area contributed by atoms with Gasteiger partial charge in [0.1, 0.15) is 12.4 Å². The summed E-state index contributed by atoms with van der Waals surface area (Å²) < 4.78 is 5.41. The van der Waals surface area contributed by atoms with E-state index >= 15 is 0 Å². The van der Waals surface area contributed by atoms with Gasteiger partial charge in [0.2, 0.25) is 0 Å². The standard InChI is InChI=1S/C20H29N3O4.K/c1-3-16-17(15(24)12-27-16)23-19(26)14(10-20(2)7-4-5-8-20)22-18(25)13-6-9-21-11-13;/h6,9,11,14,16-17H,3-5,7-8,10,12H2,1-2H3,(H3,21,22,23,25,26);/q;+1/p-1/t14-,16+,17?;/m0./s1. The third-order valence-corrected chi connectivity index (χ3v) is 5.76. The van der Waals surface area contributed by atoms with Crippen molar-refractivity contribution in [3.05, 3.63) is 29.3 Å². The maximum Gasteiger partial charge on any atom is 1.00 e. The molecule has 1 saturated carbocycles. The molecule has 2 N–H and O–H groups in total. The summed E-state index contributed by atoms with van der Waals surface area (Å²) in [4.78, 5) is 40.3. The molecule has 0 aromatic carbocycles. The fourth-order valence-corrected chi connectivity index (χ4v) is 4.13. The summed E-state index contributed by atoms with van der Waals surface area (Å²) in [7, 11) is 0. The first-order chi connectivity index (χ1) is 12.9. The number of amides is 2. The largest absolute Gasteiger partial charge is 1.00 e. The molecule has 8 heteroatoms. The molecule has 2 amide bonds. The van der Waals surface area contributed by atoms with Crippen LogP contribution in [-0.2, 0) is 14.3 Å². The number of aromatic amines is 1. The quantitative estimate of drug-likeness (QED) is 0.601. The molecule has 0 bridgehead atoms. The second kappa shape index (κ2) is 10.5. The van der Waals surface area contributed by atoms with Crippen molar-refractivity contribution >= 4 is 17.6 Å². The number of carbonyl (C=O) groups is 3. The zero-order valence-electron chi connectivity index (χ0n) is 17.0. The van der Waals surface area contributed by atoms with Crippen LogP contribution in [0.3, 0.4) is 0 Å². The van der Waals surface area contributed by atoms with Crippen LogP contribution in [0.2, 0.25) is 0 Å². The maximum atomic E-state index is 12.9. The Balaban J connectivity index is 0.00000280. The van der Waals surface area contributed by atoms with Gasteiger partial charge in [0.05, 0.1) is 23.6 Å². The molecular formula is C20H28KN3O4. The molecule has 1 aliphatic heterocycles. The third kappa shape index (κ3) is 5.76. The molecule has 28 heavy (non-hydrogen) atoms. The summed E-state index contributed by atoms with van der Waals surface area (Å²) in [6.07, 6.45) is 8.36. The van der Waals surface area contributed by atoms with Gasteiger partial charge in [-0.25, -0.2) is 0 Å². The number of aromatic nitrogens is 1. The number of rotatable bonds is 7. The topological polar surface area (TPSA) is 102 Å². The van der Waals surface area contributed by atoms with E-state index in [1.807, 2.05) is 6.92 Å². The molecule has 148 valence electrons. The van der Waals surface area contributed by atoms with Crippen LogP contribution in [0.25, 0.3) is 5.32 Å². The van der Waals surface area contributed by atoms with E-state index in [9.17, 15) is 14.4 Å². The van der Waals surface area contributed by atoms with Crippen LogP contribution < -0.4 is 56.7 Å². The van der Waals surface area contributed by atoms with Crippen molar-refractivity contribution in [2.75, 3.05) is 6.61 Å². The van der Waals surface area contributed by atoms with Gasteiger partial charge in [0, 0.05) is 12.4 Å². The number of carbonyl (C=O) groups excluding carboxylic acids is 3. The molecule has 2 fully saturated rings. The molecule has 1 unspecified atom stereocenters. The van der Waals surface area contributed by atoms with Crippen LogP contribution in [0.15, 0.2) is 18.5 Å². The Hall–Kier alpha value is -0.514. The zero-order valence-corrected chi connectivity index (χ0v) is 20.1. The average molecular weight is 414 g/mol. The van der Waals surface area contributed by atoms with Crippen LogP contribution in [0.4, 0.5) is 0 Å². The Morgan fingerprint density at radius 3 is 2.71 bits per heavy atom. The van der Waals surface area contributed by atoms with E-state index < -0.39 is 18.0 Å². The predicted octanol–water partition coefficient (Wildman–Crippen LogP) is -0.266.